The van der Waals surface area contributed by atoms with Gasteiger partial charge in [-0.05, 0) is 44.2 Å². The summed E-state index contributed by atoms with van der Waals surface area (Å²) in [6.45, 7) is 2.20. The Balaban J connectivity index is 1.92. The molecular formula is C24H38O4. The maximum Gasteiger partial charge on any atom is 0.311 e. The number of unbranched alkanes of at least 4 members (excludes halogenated alkanes) is 8. The zero-order chi connectivity index (χ0) is 20.5. The third kappa shape index (κ3) is 13.4. The lowest BCUT2D eigenvalue weighted by molar-refractivity contribution is -0.134. The first-order valence-corrected chi connectivity index (χ1v) is 10.9. The lowest BCUT2D eigenvalue weighted by Crippen LogP contribution is -2.07. The smallest absolute Gasteiger partial charge is 0.311 e. The Hall–Kier alpha value is -1.81. The summed E-state index contributed by atoms with van der Waals surface area (Å²) in [6, 6.07) is 6.30. The van der Waals surface area contributed by atoms with E-state index in [4.69, 9.17) is 4.74 Å². The second kappa shape index (κ2) is 16.2. The molecule has 0 bridgehead atoms. The number of phenolic OH excluding ortho intramolecular Hbond substituents is 1. The van der Waals surface area contributed by atoms with Gasteiger partial charge in [-0.1, -0.05) is 70.1 Å². The summed E-state index contributed by atoms with van der Waals surface area (Å²) in [5.74, 6) is 0.241. The summed E-state index contributed by atoms with van der Waals surface area (Å²) in [7, 11) is 0. The summed E-state index contributed by atoms with van der Waals surface area (Å²) >= 11 is 0. The molecule has 1 rings (SSSR count). The highest BCUT2D eigenvalue weighted by atomic mass is 16.5. The van der Waals surface area contributed by atoms with E-state index < -0.39 is 0 Å². The lowest BCUT2D eigenvalue weighted by Gasteiger charge is -2.07. The Bertz CT molecular complexity index is 553. The van der Waals surface area contributed by atoms with Crippen molar-refractivity contribution in [2.75, 3.05) is 0 Å². The second-order valence-electron chi connectivity index (χ2n) is 7.49. The molecule has 1 atom stereocenters. The summed E-state index contributed by atoms with van der Waals surface area (Å²) in [4.78, 5) is 11.8. The lowest BCUT2D eigenvalue weighted by atomic mass is 10.1. The molecule has 0 amide bonds. The summed E-state index contributed by atoms with van der Waals surface area (Å²) in [5.41, 5.74) is 0. The van der Waals surface area contributed by atoms with Crippen molar-refractivity contribution in [2.45, 2.75) is 96.5 Å². The van der Waals surface area contributed by atoms with Crippen LogP contribution in [-0.4, -0.2) is 22.3 Å². The van der Waals surface area contributed by atoms with Crippen LogP contribution < -0.4 is 4.74 Å². The highest BCUT2D eigenvalue weighted by Gasteiger charge is 2.05. The minimum Gasteiger partial charge on any atom is -0.508 e. The Morgan fingerprint density at radius 2 is 1.79 bits per heavy atom. The Morgan fingerprint density at radius 1 is 1.04 bits per heavy atom. The average Bonchev–Trinajstić information content (AvgIpc) is 2.66. The van der Waals surface area contributed by atoms with Gasteiger partial charge in [-0.15, -0.1) is 0 Å². The van der Waals surface area contributed by atoms with Crippen molar-refractivity contribution in [1.29, 1.82) is 0 Å². The first kappa shape index (κ1) is 24.2. The summed E-state index contributed by atoms with van der Waals surface area (Å²) < 4.78 is 5.19. The maximum atomic E-state index is 11.8. The van der Waals surface area contributed by atoms with Crippen molar-refractivity contribution >= 4 is 5.97 Å². The van der Waals surface area contributed by atoms with Gasteiger partial charge >= 0.3 is 5.97 Å². The van der Waals surface area contributed by atoms with Crippen molar-refractivity contribution in [3.8, 4) is 11.5 Å². The van der Waals surface area contributed by atoms with Crippen LogP contribution in [-0.2, 0) is 4.79 Å². The molecule has 0 unspecified atom stereocenters. The minimum atomic E-state index is -0.248. The highest BCUT2D eigenvalue weighted by Crippen LogP contribution is 2.18. The predicted octanol–water partition coefficient (Wildman–Crippen LogP) is 6.31. The van der Waals surface area contributed by atoms with Gasteiger partial charge in [0.05, 0.1) is 6.10 Å². The number of aliphatic hydroxyl groups excluding tert-OH is 1. The highest BCUT2D eigenvalue weighted by molar-refractivity contribution is 5.72. The van der Waals surface area contributed by atoms with E-state index in [0.717, 1.165) is 57.8 Å². The number of allylic oxidation sites excluding steroid dienone is 1. The van der Waals surface area contributed by atoms with Crippen LogP contribution in [0.5, 0.6) is 11.5 Å². The van der Waals surface area contributed by atoms with Crippen molar-refractivity contribution in [3.05, 3.63) is 36.4 Å². The molecule has 4 nitrogen and oxygen atoms in total. The molecule has 2 N–H and O–H groups in total. The van der Waals surface area contributed by atoms with Crippen LogP contribution in [0.2, 0.25) is 0 Å². The summed E-state index contributed by atoms with van der Waals surface area (Å²) in [6.07, 6.45) is 17.4. The van der Waals surface area contributed by atoms with Crippen LogP contribution in [0.25, 0.3) is 0 Å². The molecule has 28 heavy (non-hydrogen) atoms. The standard InChI is InChI=1S/C24H38O4/c1-2-3-4-11-15-21(25)16-12-9-7-5-6-8-10-13-19-24(27)28-23-18-14-17-22(26)20-23/h9,12,14,17-18,20-21,25-26H,2-8,10-11,13,15-16,19H2,1H3/b12-9-/t21-/m1/s1. The number of aliphatic hydroxyl groups is 1. The van der Waals surface area contributed by atoms with Crippen molar-refractivity contribution in [3.63, 3.8) is 0 Å². The second-order valence-corrected chi connectivity index (χ2v) is 7.49. The molecule has 0 aliphatic rings. The maximum absolute atomic E-state index is 11.8. The third-order valence-electron chi connectivity index (χ3n) is 4.77. The van der Waals surface area contributed by atoms with Crippen molar-refractivity contribution < 1.29 is 19.7 Å². The number of phenols is 1. The molecule has 0 aliphatic carbocycles. The number of aromatic hydroxyl groups is 1. The van der Waals surface area contributed by atoms with Gasteiger partial charge in [0.25, 0.3) is 0 Å². The predicted molar refractivity (Wildman–Crippen MR) is 115 cm³/mol. The first-order valence-electron chi connectivity index (χ1n) is 10.9. The number of carbonyl (C=O) groups excluding carboxylic acids is 1. The molecule has 1 aromatic carbocycles. The first-order chi connectivity index (χ1) is 13.6. The molecule has 0 aliphatic heterocycles. The number of benzene rings is 1. The largest absolute Gasteiger partial charge is 0.508 e. The topological polar surface area (TPSA) is 66.8 Å². The van der Waals surface area contributed by atoms with Gasteiger partial charge in [0.1, 0.15) is 11.5 Å². The van der Waals surface area contributed by atoms with E-state index in [-0.39, 0.29) is 17.8 Å². The van der Waals surface area contributed by atoms with Crippen LogP contribution in [0, 0.1) is 0 Å². The Kier molecular flexibility index (Phi) is 14.0. The van der Waals surface area contributed by atoms with Crippen LogP contribution in [0.3, 0.4) is 0 Å². The van der Waals surface area contributed by atoms with E-state index in [1.165, 1.54) is 25.3 Å². The quantitative estimate of drug-likeness (QED) is 0.150. The monoisotopic (exact) mass is 390 g/mol. The van der Waals surface area contributed by atoms with Crippen LogP contribution >= 0.6 is 0 Å². The van der Waals surface area contributed by atoms with Crippen LogP contribution in [0.1, 0.15) is 90.4 Å². The van der Waals surface area contributed by atoms with E-state index in [9.17, 15) is 15.0 Å². The molecule has 1 aromatic rings. The Labute approximate surface area is 170 Å². The van der Waals surface area contributed by atoms with E-state index in [1.807, 2.05) is 0 Å². The molecule has 158 valence electrons. The van der Waals surface area contributed by atoms with Gasteiger partial charge in [0, 0.05) is 12.5 Å². The fourth-order valence-electron chi connectivity index (χ4n) is 3.09. The van der Waals surface area contributed by atoms with Crippen LogP contribution in [0.4, 0.5) is 0 Å². The van der Waals surface area contributed by atoms with Crippen molar-refractivity contribution in [2.24, 2.45) is 0 Å². The van der Waals surface area contributed by atoms with Gasteiger partial charge in [0.15, 0.2) is 0 Å². The molecule has 0 fully saturated rings. The fourth-order valence-corrected chi connectivity index (χ4v) is 3.09. The number of esters is 1. The zero-order valence-electron chi connectivity index (χ0n) is 17.4. The number of carbonyl (C=O) groups is 1. The molecule has 0 spiro atoms. The van der Waals surface area contributed by atoms with E-state index >= 15 is 0 Å². The normalized spacial score (nSPS) is 12.4. The van der Waals surface area contributed by atoms with Crippen LogP contribution in [0.15, 0.2) is 36.4 Å². The van der Waals surface area contributed by atoms with E-state index in [2.05, 4.69) is 19.1 Å². The van der Waals surface area contributed by atoms with Crippen molar-refractivity contribution in [1.82, 2.24) is 0 Å². The van der Waals surface area contributed by atoms with Gasteiger partial charge in [-0.2, -0.15) is 0 Å². The molecule has 0 saturated heterocycles. The molecule has 4 heteroatoms. The van der Waals surface area contributed by atoms with Gasteiger partial charge < -0.3 is 14.9 Å². The number of ether oxygens (including phenoxy) is 1. The number of rotatable bonds is 16. The Morgan fingerprint density at radius 3 is 2.57 bits per heavy atom. The molecule has 0 saturated carbocycles. The molecule has 0 heterocycles. The molecule has 0 radical (unpaired) electrons. The third-order valence-corrected chi connectivity index (χ3v) is 4.77. The minimum absolute atomic E-state index is 0.0980. The summed E-state index contributed by atoms with van der Waals surface area (Å²) in [5, 5.41) is 19.2. The van der Waals surface area contributed by atoms with Gasteiger partial charge in [-0.3, -0.25) is 4.79 Å². The zero-order valence-corrected chi connectivity index (χ0v) is 17.4. The number of hydrogen-bond donors (Lipinski definition) is 2. The molecular weight excluding hydrogens is 352 g/mol. The van der Waals surface area contributed by atoms with E-state index in [1.54, 1.807) is 18.2 Å². The van der Waals surface area contributed by atoms with Gasteiger partial charge in [0.2, 0.25) is 0 Å². The number of hydrogen-bond acceptors (Lipinski definition) is 4. The van der Waals surface area contributed by atoms with E-state index in [0.29, 0.717) is 12.2 Å². The fraction of sp³-hybridized carbons (Fsp3) is 0.625. The average molecular weight is 391 g/mol. The SMILES string of the molecule is CCCCCC[C@@H](O)C/C=C\CCCCCCCC(=O)Oc1cccc(O)c1. The van der Waals surface area contributed by atoms with Gasteiger partial charge in [-0.25, -0.2) is 0 Å². The molecule has 0 aromatic heterocycles.